The van der Waals surface area contributed by atoms with E-state index in [-0.39, 0.29) is 35.6 Å². The number of anilines is 1. The summed E-state index contributed by atoms with van der Waals surface area (Å²) < 4.78 is 5.60. The molecule has 0 aliphatic carbocycles. The summed E-state index contributed by atoms with van der Waals surface area (Å²) in [5.41, 5.74) is 3.04. The van der Waals surface area contributed by atoms with Crippen LogP contribution in [0.3, 0.4) is 0 Å². The number of carbonyl (C=O) groups excluding carboxylic acids is 3. The quantitative estimate of drug-likeness (QED) is 0.205. The van der Waals surface area contributed by atoms with Gasteiger partial charge in [0, 0.05) is 17.8 Å². The highest BCUT2D eigenvalue weighted by Crippen LogP contribution is 2.33. The predicted molar refractivity (Wildman–Crippen MR) is 146 cm³/mol. The molecular formula is C28H25N3O6S. The Morgan fingerprint density at radius 3 is 2.39 bits per heavy atom. The van der Waals surface area contributed by atoms with E-state index in [1.807, 2.05) is 24.3 Å². The van der Waals surface area contributed by atoms with Crippen LogP contribution in [0.25, 0.3) is 6.08 Å². The first-order valence-electron chi connectivity index (χ1n) is 11.8. The molecule has 1 saturated heterocycles. The van der Waals surface area contributed by atoms with Gasteiger partial charge in [-0.3, -0.25) is 29.4 Å². The molecule has 1 N–H and O–H groups in total. The maximum absolute atomic E-state index is 12.8. The molecule has 1 heterocycles. The molecule has 0 spiro atoms. The Bertz CT molecular complexity index is 1400. The molecule has 0 aromatic heterocycles. The molecule has 9 nitrogen and oxygen atoms in total. The number of non-ortho nitro benzene ring substituents is 1. The number of nitro groups is 1. The van der Waals surface area contributed by atoms with Crippen LogP contribution < -0.4 is 10.1 Å². The van der Waals surface area contributed by atoms with Crippen molar-refractivity contribution in [1.82, 2.24) is 4.90 Å². The third-order valence-corrected chi connectivity index (χ3v) is 6.67. The lowest BCUT2D eigenvalue weighted by atomic mass is 10.0. The Kier molecular flexibility index (Phi) is 8.22. The zero-order valence-electron chi connectivity index (χ0n) is 20.7. The van der Waals surface area contributed by atoms with E-state index in [2.05, 4.69) is 19.2 Å². The number of carbonyl (C=O) groups is 3. The summed E-state index contributed by atoms with van der Waals surface area (Å²) in [7, 11) is 0. The maximum Gasteiger partial charge on any atom is 0.293 e. The third-order valence-electron chi connectivity index (χ3n) is 5.77. The lowest BCUT2D eigenvalue weighted by molar-refractivity contribution is -0.384. The first-order valence-corrected chi connectivity index (χ1v) is 12.6. The number of nitro benzene ring substituents is 1. The Labute approximate surface area is 223 Å². The van der Waals surface area contributed by atoms with Gasteiger partial charge in [-0.1, -0.05) is 56.3 Å². The molecule has 0 unspecified atom stereocenters. The van der Waals surface area contributed by atoms with Gasteiger partial charge < -0.3 is 10.1 Å². The summed E-state index contributed by atoms with van der Waals surface area (Å²) in [5, 5.41) is 13.3. The minimum atomic E-state index is -0.509. The van der Waals surface area contributed by atoms with E-state index < -0.39 is 16.1 Å². The summed E-state index contributed by atoms with van der Waals surface area (Å²) in [6.07, 6.45) is 1.61. The fraction of sp³-hybridized carbons (Fsp3) is 0.179. The monoisotopic (exact) mass is 531 g/mol. The second kappa shape index (κ2) is 11.7. The number of benzene rings is 3. The zero-order chi connectivity index (χ0) is 27.2. The van der Waals surface area contributed by atoms with Crippen molar-refractivity contribution in [2.24, 2.45) is 0 Å². The fourth-order valence-corrected chi connectivity index (χ4v) is 4.64. The minimum absolute atomic E-state index is 0.0243. The zero-order valence-corrected chi connectivity index (χ0v) is 21.6. The average Bonchev–Trinajstić information content (AvgIpc) is 3.16. The van der Waals surface area contributed by atoms with Crippen LogP contribution in [0.15, 0.2) is 77.7 Å². The van der Waals surface area contributed by atoms with Crippen molar-refractivity contribution < 1.29 is 24.0 Å². The van der Waals surface area contributed by atoms with Gasteiger partial charge in [0.25, 0.3) is 22.7 Å². The largest absolute Gasteiger partial charge is 0.484 e. The van der Waals surface area contributed by atoms with Gasteiger partial charge in [-0.05, 0) is 58.6 Å². The number of thioether (sulfide) groups is 1. The van der Waals surface area contributed by atoms with E-state index in [1.165, 1.54) is 24.3 Å². The molecule has 3 amide bonds. The number of rotatable bonds is 9. The Hall–Kier alpha value is -4.44. The second-order valence-corrected chi connectivity index (χ2v) is 9.83. The maximum atomic E-state index is 12.8. The van der Waals surface area contributed by atoms with Crippen LogP contribution in [0.2, 0.25) is 0 Å². The van der Waals surface area contributed by atoms with E-state index >= 15 is 0 Å². The molecule has 4 rings (SSSR count). The van der Waals surface area contributed by atoms with Gasteiger partial charge in [0.2, 0.25) is 0 Å². The Morgan fingerprint density at radius 1 is 1.05 bits per heavy atom. The Balaban J connectivity index is 1.34. The van der Waals surface area contributed by atoms with Gasteiger partial charge in [0.15, 0.2) is 6.61 Å². The molecule has 0 radical (unpaired) electrons. The Morgan fingerprint density at radius 2 is 1.74 bits per heavy atom. The van der Waals surface area contributed by atoms with Gasteiger partial charge in [-0.15, -0.1) is 0 Å². The molecule has 1 aliphatic rings. The van der Waals surface area contributed by atoms with Gasteiger partial charge in [0.1, 0.15) is 5.75 Å². The van der Waals surface area contributed by atoms with Crippen molar-refractivity contribution in [3.05, 3.63) is 105 Å². The SMILES string of the molecule is CC(C)c1ccccc1NC(=O)COc1ccc(/C=C2/SC(=O)N(Cc3ccc([N+](=O)[O-])cc3)C2=O)cc1. The van der Waals surface area contributed by atoms with Gasteiger partial charge in [0.05, 0.1) is 16.4 Å². The summed E-state index contributed by atoms with van der Waals surface area (Å²) in [4.78, 5) is 49.3. The predicted octanol–water partition coefficient (Wildman–Crippen LogP) is 5.97. The molecule has 3 aromatic rings. The van der Waals surface area contributed by atoms with Crippen molar-refractivity contribution in [3.8, 4) is 5.75 Å². The molecule has 0 bridgehead atoms. The van der Waals surface area contributed by atoms with E-state index in [4.69, 9.17) is 4.74 Å². The number of nitrogens with zero attached hydrogens (tertiary/aromatic N) is 2. The topological polar surface area (TPSA) is 119 Å². The molecule has 1 fully saturated rings. The second-order valence-electron chi connectivity index (χ2n) is 8.84. The smallest absolute Gasteiger partial charge is 0.293 e. The highest BCUT2D eigenvalue weighted by Gasteiger charge is 2.35. The fourth-order valence-electron chi connectivity index (χ4n) is 3.80. The molecule has 38 heavy (non-hydrogen) atoms. The minimum Gasteiger partial charge on any atom is -0.484 e. The van der Waals surface area contributed by atoms with Crippen molar-refractivity contribution in [1.29, 1.82) is 0 Å². The molecule has 10 heteroatoms. The number of imide groups is 1. The summed E-state index contributed by atoms with van der Waals surface area (Å²) in [5.74, 6) is 0.0466. The molecule has 0 saturated carbocycles. The van der Waals surface area contributed by atoms with Crippen molar-refractivity contribution >= 4 is 46.3 Å². The number of hydrogen-bond donors (Lipinski definition) is 1. The first kappa shape index (κ1) is 26.6. The molecular weight excluding hydrogens is 506 g/mol. The first-order chi connectivity index (χ1) is 18.2. The van der Waals surface area contributed by atoms with Crippen molar-refractivity contribution in [2.45, 2.75) is 26.3 Å². The normalized spacial score (nSPS) is 14.3. The number of para-hydroxylation sites is 1. The van der Waals surface area contributed by atoms with E-state index in [0.29, 0.717) is 16.9 Å². The standard InChI is InChI=1S/C28H25N3O6S/c1-18(2)23-5-3-4-6-24(23)29-26(32)17-37-22-13-9-19(10-14-22)15-25-27(33)30(28(34)38-25)16-20-7-11-21(12-8-20)31(35)36/h3-15,18H,16-17H2,1-2H3,(H,29,32)/b25-15+. The lowest BCUT2D eigenvalue weighted by Crippen LogP contribution is -2.27. The molecule has 1 aliphatic heterocycles. The van der Waals surface area contributed by atoms with Crippen LogP contribution in [0.5, 0.6) is 5.75 Å². The highest BCUT2D eigenvalue weighted by atomic mass is 32.2. The number of nitrogens with one attached hydrogen (secondary N) is 1. The molecule has 0 atom stereocenters. The van der Waals surface area contributed by atoms with Gasteiger partial charge in [-0.25, -0.2) is 0 Å². The summed E-state index contributed by atoms with van der Waals surface area (Å²) in [6, 6.07) is 20.2. The van der Waals surface area contributed by atoms with Crippen LogP contribution in [-0.4, -0.2) is 33.5 Å². The lowest BCUT2D eigenvalue weighted by Gasteiger charge is -2.14. The summed E-state index contributed by atoms with van der Waals surface area (Å²) >= 11 is 0.832. The van der Waals surface area contributed by atoms with E-state index in [1.54, 1.807) is 30.3 Å². The number of hydrogen-bond acceptors (Lipinski definition) is 7. The van der Waals surface area contributed by atoms with Crippen LogP contribution in [0, 0.1) is 10.1 Å². The third kappa shape index (κ3) is 6.46. The van der Waals surface area contributed by atoms with Gasteiger partial charge >= 0.3 is 0 Å². The average molecular weight is 532 g/mol. The highest BCUT2D eigenvalue weighted by molar-refractivity contribution is 8.18. The van der Waals surface area contributed by atoms with Gasteiger partial charge in [-0.2, -0.15) is 0 Å². The van der Waals surface area contributed by atoms with E-state index in [9.17, 15) is 24.5 Å². The molecule has 3 aromatic carbocycles. The van der Waals surface area contributed by atoms with Crippen LogP contribution in [-0.2, 0) is 16.1 Å². The molecule has 194 valence electrons. The van der Waals surface area contributed by atoms with Crippen LogP contribution >= 0.6 is 11.8 Å². The van der Waals surface area contributed by atoms with Crippen molar-refractivity contribution in [2.75, 3.05) is 11.9 Å². The number of amides is 3. The van der Waals surface area contributed by atoms with Crippen LogP contribution in [0.4, 0.5) is 16.2 Å². The summed E-state index contributed by atoms with van der Waals surface area (Å²) in [6.45, 7) is 3.98. The van der Waals surface area contributed by atoms with E-state index in [0.717, 1.165) is 27.9 Å². The van der Waals surface area contributed by atoms with Crippen LogP contribution in [0.1, 0.15) is 36.5 Å². The number of ether oxygens (including phenoxy) is 1. The van der Waals surface area contributed by atoms with Crippen molar-refractivity contribution in [3.63, 3.8) is 0 Å².